The van der Waals surface area contributed by atoms with Crippen LogP contribution < -0.4 is 5.32 Å². The van der Waals surface area contributed by atoms with Crippen molar-refractivity contribution in [1.82, 2.24) is 5.32 Å². The topological polar surface area (TPSA) is 55.4 Å². The van der Waals surface area contributed by atoms with Gasteiger partial charge < -0.3 is 14.2 Å². The van der Waals surface area contributed by atoms with Crippen LogP contribution in [-0.4, -0.2) is 5.91 Å². The minimum atomic E-state index is -0.0821. The average Bonchev–Trinajstić information content (AvgIpc) is 2.86. The van der Waals surface area contributed by atoms with Gasteiger partial charge in [-0.2, -0.15) is 0 Å². The molecule has 2 aromatic rings. The van der Waals surface area contributed by atoms with Crippen molar-refractivity contribution in [2.75, 3.05) is 0 Å². The zero-order valence-corrected chi connectivity index (χ0v) is 8.10. The van der Waals surface area contributed by atoms with Crippen molar-refractivity contribution in [3.8, 4) is 0 Å². The van der Waals surface area contributed by atoms with Crippen molar-refractivity contribution < 1.29 is 13.6 Å². The second-order valence-corrected chi connectivity index (χ2v) is 3.11. The van der Waals surface area contributed by atoms with Crippen molar-refractivity contribution in [1.29, 1.82) is 0 Å². The van der Waals surface area contributed by atoms with Crippen LogP contribution in [0.25, 0.3) is 0 Å². The average molecular weight is 205 g/mol. The predicted octanol–water partition coefficient (Wildman–Crippen LogP) is 1.73. The fraction of sp³-hybridized carbons (Fsp3) is 0.182. The highest BCUT2D eigenvalue weighted by Gasteiger charge is 2.05. The van der Waals surface area contributed by atoms with E-state index in [9.17, 15) is 4.79 Å². The van der Waals surface area contributed by atoms with Gasteiger partial charge in [-0.3, -0.25) is 4.79 Å². The highest BCUT2D eigenvalue weighted by molar-refractivity contribution is 5.77. The molecule has 0 saturated heterocycles. The summed E-state index contributed by atoms with van der Waals surface area (Å²) in [6, 6.07) is 7.13. The Kier molecular flexibility index (Phi) is 2.88. The van der Waals surface area contributed by atoms with Crippen LogP contribution in [0.4, 0.5) is 0 Å². The fourth-order valence-corrected chi connectivity index (χ4v) is 1.23. The van der Waals surface area contributed by atoms with Crippen molar-refractivity contribution in [2.45, 2.75) is 13.0 Å². The maximum Gasteiger partial charge on any atom is 0.227 e. The number of hydrogen-bond donors (Lipinski definition) is 1. The Morgan fingerprint density at radius 3 is 2.40 bits per heavy atom. The summed E-state index contributed by atoms with van der Waals surface area (Å²) in [6.45, 7) is 0.409. The molecule has 1 amide bonds. The summed E-state index contributed by atoms with van der Waals surface area (Å²) >= 11 is 0. The zero-order chi connectivity index (χ0) is 10.5. The Hall–Kier alpha value is -1.97. The molecule has 2 rings (SSSR count). The number of hydrogen-bond acceptors (Lipinski definition) is 3. The molecule has 78 valence electrons. The highest BCUT2D eigenvalue weighted by atomic mass is 16.3. The lowest BCUT2D eigenvalue weighted by Crippen LogP contribution is -2.24. The largest absolute Gasteiger partial charge is 0.469 e. The number of amides is 1. The molecule has 0 saturated carbocycles. The molecule has 0 aromatic carbocycles. The fourth-order valence-electron chi connectivity index (χ4n) is 1.23. The van der Waals surface area contributed by atoms with E-state index in [1.807, 2.05) is 6.07 Å². The van der Waals surface area contributed by atoms with Gasteiger partial charge in [-0.1, -0.05) is 0 Å². The van der Waals surface area contributed by atoms with Gasteiger partial charge >= 0.3 is 0 Å². The second-order valence-electron chi connectivity index (χ2n) is 3.11. The summed E-state index contributed by atoms with van der Waals surface area (Å²) in [6.07, 6.45) is 3.39. The smallest absolute Gasteiger partial charge is 0.227 e. The Morgan fingerprint density at radius 2 is 1.80 bits per heavy atom. The molecule has 0 radical (unpaired) electrons. The Morgan fingerprint density at radius 1 is 1.13 bits per heavy atom. The lowest BCUT2D eigenvalue weighted by atomic mass is 10.3. The maximum absolute atomic E-state index is 11.4. The van der Waals surface area contributed by atoms with Gasteiger partial charge in [-0.05, 0) is 24.3 Å². The van der Waals surface area contributed by atoms with E-state index >= 15 is 0 Å². The predicted molar refractivity (Wildman–Crippen MR) is 53.0 cm³/mol. The van der Waals surface area contributed by atoms with Crippen LogP contribution in [0.1, 0.15) is 11.5 Å². The Bertz CT molecular complexity index is 403. The van der Waals surface area contributed by atoms with Gasteiger partial charge in [0.2, 0.25) is 5.91 Å². The van der Waals surface area contributed by atoms with E-state index in [0.717, 1.165) is 5.76 Å². The van der Waals surface area contributed by atoms with E-state index in [1.165, 1.54) is 0 Å². The van der Waals surface area contributed by atoms with Gasteiger partial charge in [0.15, 0.2) is 0 Å². The summed E-state index contributed by atoms with van der Waals surface area (Å²) in [5, 5.41) is 2.73. The van der Waals surface area contributed by atoms with Crippen LogP contribution in [0, 0.1) is 0 Å². The van der Waals surface area contributed by atoms with E-state index in [-0.39, 0.29) is 12.3 Å². The first-order valence-corrected chi connectivity index (χ1v) is 4.66. The summed E-state index contributed by atoms with van der Waals surface area (Å²) < 4.78 is 10.1. The number of carbonyl (C=O) groups excluding carboxylic acids is 1. The van der Waals surface area contributed by atoms with Crippen LogP contribution >= 0.6 is 0 Å². The van der Waals surface area contributed by atoms with Crippen molar-refractivity contribution in [2.24, 2.45) is 0 Å². The van der Waals surface area contributed by atoms with Gasteiger partial charge in [0, 0.05) is 0 Å². The first kappa shape index (κ1) is 9.58. The molecule has 0 fully saturated rings. The molecule has 0 unspecified atom stereocenters. The Balaban J connectivity index is 1.78. The van der Waals surface area contributed by atoms with Crippen LogP contribution in [-0.2, 0) is 17.8 Å². The van der Waals surface area contributed by atoms with Crippen LogP contribution in [0.5, 0.6) is 0 Å². The molecule has 0 aliphatic rings. The number of furan rings is 2. The molecule has 0 aliphatic heterocycles. The van der Waals surface area contributed by atoms with Crippen molar-refractivity contribution >= 4 is 5.91 Å². The van der Waals surface area contributed by atoms with Gasteiger partial charge in [0.1, 0.15) is 11.5 Å². The first-order valence-electron chi connectivity index (χ1n) is 4.66. The summed E-state index contributed by atoms with van der Waals surface area (Å²) in [7, 11) is 0. The lowest BCUT2D eigenvalue weighted by Gasteiger charge is -2.00. The zero-order valence-electron chi connectivity index (χ0n) is 8.10. The quantitative estimate of drug-likeness (QED) is 0.827. The molecule has 4 heteroatoms. The minimum Gasteiger partial charge on any atom is -0.469 e. The van der Waals surface area contributed by atoms with Crippen molar-refractivity contribution in [3.05, 3.63) is 48.3 Å². The molecule has 0 atom stereocenters. The van der Waals surface area contributed by atoms with E-state index < -0.39 is 0 Å². The summed E-state index contributed by atoms with van der Waals surface area (Å²) in [4.78, 5) is 11.4. The third kappa shape index (κ3) is 2.74. The minimum absolute atomic E-state index is 0.0821. The third-order valence-corrected chi connectivity index (χ3v) is 1.95. The van der Waals surface area contributed by atoms with Crippen LogP contribution in [0.15, 0.2) is 45.6 Å². The van der Waals surface area contributed by atoms with E-state index in [4.69, 9.17) is 8.83 Å². The van der Waals surface area contributed by atoms with E-state index in [0.29, 0.717) is 12.3 Å². The van der Waals surface area contributed by atoms with Gasteiger partial charge in [0.25, 0.3) is 0 Å². The normalized spacial score (nSPS) is 10.1. The SMILES string of the molecule is O=C(Cc1ccco1)NCc1ccco1. The number of carbonyl (C=O) groups is 1. The van der Waals surface area contributed by atoms with Crippen LogP contribution in [0.2, 0.25) is 0 Å². The number of nitrogens with one attached hydrogen (secondary N) is 1. The first-order chi connectivity index (χ1) is 7.34. The monoisotopic (exact) mass is 205 g/mol. The molecule has 2 aromatic heterocycles. The molecule has 0 bridgehead atoms. The Labute approximate surface area is 86.9 Å². The van der Waals surface area contributed by atoms with Crippen molar-refractivity contribution in [3.63, 3.8) is 0 Å². The molecular weight excluding hydrogens is 194 g/mol. The third-order valence-electron chi connectivity index (χ3n) is 1.95. The molecular formula is C11H11NO3. The van der Waals surface area contributed by atoms with Crippen LogP contribution in [0.3, 0.4) is 0 Å². The standard InChI is InChI=1S/C11H11NO3/c13-11(7-9-3-1-5-14-9)12-8-10-4-2-6-15-10/h1-6H,7-8H2,(H,12,13). The summed E-state index contributed by atoms with van der Waals surface area (Å²) in [5.41, 5.74) is 0. The van der Waals surface area contributed by atoms with Gasteiger partial charge in [-0.25, -0.2) is 0 Å². The van der Waals surface area contributed by atoms with Gasteiger partial charge in [0.05, 0.1) is 25.5 Å². The molecule has 1 N–H and O–H groups in total. The maximum atomic E-state index is 11.4. The van der Waals surface area contributed by atoms with E-state index in [1.54, 1.807) is 30.7 Å². The van der Waals surface area contributed by atoms with E-state index in [2.05, 4.69) is 5.32 Å². The number of rotatable bonds is 4. The lowest BCUT2D eigenvalue weighted by molar-refractivity contribution is -0.120. The molecule has 2 heterocycles. The highest BCUT2D eigenvalue weighted by Crippen LogP contribution is 2.02. The second kappa shape index (κ2) is 4.50. The molecule has 4 nitrogen and oxygen atoms in total. The van der Waals surface area contributed by atoms with Gasteiger partial charge in [-0.15, -0.1) is 0 Å². The molecule has 15 heavy (non-hydrogen) atoms. The molecule has 0 spiro atoms. The molecule has 0 aliphatic carbocycles. The summed E-state index contributed by atoms with van der Waals surface area (Å²) in [5.74, 6) is 1.32.